The number of hydrogen-bond acceptors (Lipinski definition) is 1. The molecule has 2 aromatic rings. The van der Waals surface area contributed by atoms with Crippen LogP contribution in [0.3, 0.4) is 0 Å². The smallest absolute Gasteiger partial charge is 0.136 e. The zero-order valence-corrected chi connectivity index (χ0v) is 10.8. The highest BCUT2D eigenvalue weighted by Crippen LogP contribution is 2.29. The van der Waals surface area contributed by atoms with Gasteiger partial charge in [0.05, 0.1) is 11.4 Å². The first kappa shape index (κ1) is 12.1. The van der Waals surface area contributed by atoms with Crippen molar-refractivity contribution in [2.45, 2.75) is 26.7 Å². The van der Waals surface area contributed by atoms with Crippen LogP contribution in [-0.2, 0) is 0 Å². The molecule has 0 aliphatic rings. The van der Waals surface area contributed by atoms with Gasteiger partial charge in [-0.2, -0.15) is 5.10 Å². The van der Waals surface area contributed by atoms with E-state index in [9.17, 15) is 4.39 Å². The van der Waals surface area contributed by atoms with Crippen LogP contribution in [-0.4, -0.2) is 9.78 Å². The third-order valence-corrected chi connectivity index (χ3v) is 3.04. The lowest BCUT2D eigenvalue weighted by atomic mass is 10.1. The molecule has 0 aliphatic heterocycles. The average Bonchev–Trinajstić information content (AvgIpc) is 2.54. The molecule has 0 fully saturated rings. The van der Waals surface area contributed by atoms with Gasteiger partial charge in [0.1, 0.15) is 11.0 Å². The number of aromatic nitrogens is 2. The van der Waals surface area contributed by atoms with Gasteiger partial charge in [0.25, 0.3) is 0 Å². The quantitative estimate of drug-likeness (QED) is 0.787. The molecule has 1 aromatic carbocycles. The van der Waals surface area contributed by atoms with Crippen molar-refractivity contribution in [3.05, 3.63) is 46.5 Å². The number of rotatable bonds is 2. The van der Waals surface area contributed by atoms with Gasteiger partial charge >= 0.3 is 0 Å². The molecular weight excluding hydrogens is 239 g/mol. The van der Waals surface area contributed by atoms with Crippen LogP contribution < -0.4 is 0 Å². The fourth-order valence-electron chi connectivity index (χ4n) is 1.95. The maximum atomic E-state index is 13.2. The van der Waals surface area contributed by atoms with Gasteiger partial charge in [-0.25, -0.2) is 9.07 Å². The Kier molecular flexibility index (Phi) is 3.20. The highest BCUT2D eigenvalue weighted by atomic mass is 35.5. The molecule has 0 bridgehead atoms. The molecule has 0 unspecified atom stereocenters. The van der Waals surface area contributed by atoms with Crippen molar-refractivity contribution in [1.82, 2.24) is 9.78 Å². The van der Waals surface area contributed by atoms with Gasteiger partial charge in [0.15, 0.2) is 0 Å². The van der Waals surface area contributed by atoms with E-state index in [0.29, 0.717) is 16.8 Å². The van der Waals surface area contributed by atoms with Gasteiger partial charge < -0.3 is 0 Å². The van der Waals surface area contributed by atoms with Gasteiger partial charge in [-0.1, -0.05) is 31.5 Å². The van der Waals surface area contributed by atoms with Crippen LogP contribution >= 0.6 is 11.6 Å². The molecule has 90 valence electrons. The Morgan fingerprint density at radius 1 is 1.35 bits per heavy atom. The molecule has 0 aliphatic carbocycles. The van der Waals surface area contributed by atoms with Crippen molar-refractivity contribution in [2.75, 3.05) is 0 Å². The number of hydrogen-bond donors (Lipinski definition) is 0. The molecule has 1 heterocycles. The summed E-state index contributed by atoms with van der Waals surface area (Å²) in [6.07, 6.45) is 0. The number of aryl methyl sites for hydroxylation is 1. The van der Waals surface area contributed by atoms with Crippen molar-refractivity contribution in [3.63, 3.8) is 0 Å². The summed E-state index contributed by atoms with van der Waals surface area (Å²) in [5.74, 6) is 0.00243. The average molecular weight is 253 g/mol. The Hall–Kier alpha value is -1.35. The van der Waals surface area contributed by atoms with Crippen LogP contribution in [0.2, 0.25) is 5.15 Å². The molecule has 0 N–H and O–H groups in total. The molecule has 2 rings (SSSR count). The van der Waals surface area contributed by atoms with Crippen molar-refractivity contribution in [1.29, 1.82) is 0 Å². The van der Waals surface area contributed by atoms with Crippen LogP contribution in [0.15, 0.2) is 24.3 Å². The first-order valence-electron chi connectivity index (χ1n) is 5.51. The van der Waals surface area contributed by atoms with Gasteiger partial charge in [0, 0.05) is 5.56 Å². The summed E-state index contributed by atoms with van der Waals surface area (Å²) < 4.78 is 14.7. The van der Waals surface area contributed by atoms with E-state index in [1.807, 2.05) is 6.92 Å². The van der Waals surface area contributed by atoms with Crippen molar-refractivity contribution < 1.29 is 4.39 Å². The van der Waals surface area contributed by atoms with Crippen LogP contribution in [0.5, 0.6) is 0 Å². The summed E-state index contributed by atoms with van der Waals surface area (Å²) in [6, 6.07) is 6.25. The standard InChI is InChI=1S/C13H14ClFN2/c1-8(2)12-9(3)16-17(13(12)14)11-6-4-5-10(15)7-11/h4-8H,1-3H3. The third-order valence-electron chi connectivity index (χ3n) is 2.68. The monoisotopic (exact) mass is 252 g/mol. The molecular formula is C13H14ClFN2. The molecule has 2 nitrogen and oxygen atoms in total. The Balaban J connectivity index is 2.58. The summed E-state index contributed by atoms with van der Waals surface area (Å²) in [7, 11) is 0. The summed E-state index contributed by atoms with van der Waals surface area (Å²) in [5, 5.41) is 4.92. The van der Waals surface area contributed by atoms with E-state index in [1.165, 1.54) is 12.1 Å². The number of nitrogens with zero attached hydrogens (tertiary/aromatic N) is 2. The molecule has 17 heavy (non-hydrogen) atoms. The highest BCUT2D eigenvalue weighted by Gasteiger charge is 2.17. The Morgan fingerprint density at radius 3 is 2.59 bits per heavy atom. The van der Waals surface area contributed by atoms with Crippen LogP contribution in [0.1, 0.15) is 31.0 Å². The van der Waals surface area contributed by atoms with Crippen molar-refractivity contribution in [3.8, 4) is 5.69 Å². The molecule has 0 saturated heterocycles. The van der Waals surface area contributed by atoms with Crippen molar-refractivity contribution in [2.24, 2.45) is 0 Å². The molecule has 0 spiro atoms. The van der Waals surface area contributed by atoms with E-state index >= 15 is 0 Å². The topological polar surface area (TPSA) is 17.8 Å². The van der Waals surface area contributed by atoms with E-state index in [1.54, 1.807) is 16.8 Å². The summed E-state index contributed by atoms with van der Waals surface area (Å²) in [5.41, 5.74) is 2.54. The second-order valence-corrected chi connectivity index (χ2v) is 4.69. The number of halogens is 2. The molecule has 0 radical (unpaired) electrons. The molecule has 4 heteroatoms. The van der Waals surface area contributed by atoms with Gasteiger partial charge in [0.2, 0.25) is 0 Å². The second kappa shape index (κ2) is 4.49. The van der Waals surface area contributed by atoms with E-state index in [0.717, 1.165) is 11.3 Å². The molecule has 0 atom stereocenters. The minimum absolute atomic E-state index is 0.294. The summed E-state index contributed by atoms with van der Waals surface area (Å²) >= 11 is 6.29. The largest absolute Gasteiger partial charge is 0.222 e. The van der Waals surface area contributed by atoms with Gasteiger partial charge in [-0.05, 0) is 31.0 Å². The van der Waals surface area contributed by atoms with E-state index in [2.05, 4.69) is 18.9 Å². The zero-order valence-electron chi connectivity index (χ0n) is 10.0. The second-order valence-electron chi connectivity index (χ2n) is 4.34. The highest BCUT2D eigenvalue weighted by molar-refractivity contribution is 6.30. The van der Waals surface area contributed by atoms with E-state index in [4.69, 9.17) is 11.6 Å². The lowest BCUT2D eigenvalue weighted by Gasteiger charge is -2.05. The predicted octanol–water partition coefficient (Wildman–Crippen LogP) is 4.10. The van der Waals surface area contributed by atoms with E-state index < -0.39 is 0 Å². The van der Waals surface area contributed by atoms with Crippen molar-refractivity contribution >= 4 is 11.6 Å². The molecule has 1 aromatic heterocycles. The Labute approximate surface area is 105 Å². The van der Waals surface area contributed by atoms with Gasteiger partial charge in [-0.3, -0.25) is 0 Å². The molecule has 0 amide bonds. The first-order valence-corrected chi connectivity index (χ1v) is 5.89. The molecule has 0 saturated carbocycles. The van der Waals surface area contributed by atoms with Crippen LogP contribution in [0, 0.1) is 12.7 Å². The fraction of sp³-hybridized carbons (Fsp3) is 0.308. The zero-order chi connectivity index (χ0) is 12.6. The Morgan fingerprint density at radius 2 is 2.06 bits per heavy atom. The SMILES string of the molecule is Cc1nn(-c2cccc(F)c2)c(Cl)c1C(C)C. The van der Waals surface area contributed by atoms with Crippen LogP contribution in [0.4, 0.5) is 4.39 Å². The Bertz CT molecular complexity index is 546. The fourth-order valence-corrected chi connectivity index (χ4v) is 2.44. The summed E-state index contributed by atoms with van der Waals surface area (Å²) in [6.45, 7) is 6.04. The lowest BCUT2D eigenvalue weighted by Crippen LogP contribution is -1.97. The minimum Gasteiger partial charge on any atom is -0.222 e. The normalized spacial score (nSPS) is 11.2. The maximum Gasteiger partial charge on any atom is 0.136 e. The van der Waals surface area contributed by atoms with Crippen LogP contribution in [0.25, 0.3) is 5.69 Å². The van der Waals surface area contributed by atoms with E-state index in [-0.39, 0.29) is 5.82 Å². The first-order chi connectivity index (χ1) is 8.00. The lowest BCUT2D eigenvalue weighted by molar-refractivity contribution is 0.625. The third kappa shape index (κ3) is 2.20. The number of benzene rings is 1. The van der Waals surface area contributed by atoms with Gasteiger partial charge in [-0.15, -0.1) is 0 Å². The summed E-state index contributed by atoms with van der Waals surface area (Å²) in [4.78, 5) is 0. The predicted molar refractivity (Wildman–Crippen MR) is 67.4 cm³/mol. The minimum atomic E-state index is -0.294. The maximum absolute atomic E-state index is 13.2.